The average Bonchev–Trinajstić information content (AvgIpc) is 2.45. The lowest BCUT2D eigenvalue weighted by atomic mass is 10.1. The minimum atomic E-state index is -0.517. The van der Waals surface area contributed by atoms with Crippen molar-refractivity contribution in [2.24, 2.45) is 0 Å². The Balaban J connectivity index is 2.54. The maximum absolute atomic E-state index is 11.3. The summed E-state index contributed by atoms with van der Waals surface area (Å²) in [6.45, 7) is 3.78. The van der Waals surface area contributed by atoms with E-state index in [1.165, 1.54) is 12.5 Å². The number of anilines is 1. The summed E-state index contributed by atoms with van der Waals surface area (Å²) in [5.74, 6) is 0.682. The number of nitrogens with one attached hydrogen (secondary N) is 1. The molecule has 0 unspecified atom stereocenters. The molecule has 0 aromatic carbocycles. The van der Waals surface area contributed by atoms with Crippen molar-refractivity contribution in [3.8, 4) is 17.0 Å². The van der Waals surface area contributed by atoms with Crippen molar-refractivity contribution in [1.29, 1.82) is 0 Å². The fourth-order valence-electron chi connectivity index (χ4n) is 1.83. The number of hydrogen-bond acceptors (Lipinski definition) is 7. The van der Waals surface area contributed by atoms with E-state index in [2.05, 4.69) is 20.3 Å². The van der Waals surface area contributed by atoms with Gasteiger partial charge >= 0.3 is 5.69 Å². The molecule has 0 saturated carbocycles. The third-order valence-corrected chi connectivity index (χ3v) is 2.60. The zero-order valence-electron chi connectivity index (χ0n) is 11.9. The standard InChI is InChI=1S/C13H15N5O3/c1-8(2)21-10-4-9(5-15-6-10)11-12(18(19)20)13(14-3)17-7-16-11/h4-8H,1-3H3,(H,14,16,17). The smallest absolute Gasteiger partial charge is 0.337 e. The van der Waals surface area contributed by atoms with Crippen molar-refractivity contribution in [2.75, 3.05) is 12.4 Å². The SMILES string of the molecule is CNc1ncnc(-c2cncc(OC(C)C)c2)c1[N+](=O)[O-]. The van der Waals surface area contributed by atoms with Crippen LogP contribution >= 0.6 is 0 Å². The van der Waals surface area contributed by atoms with Gasteiger partial charge in [-0.25, -0.2) is 9.97 Å². The lowest BCUT2D eigenvalue weighted by Gasteiger charge is -2.10. The van der Waals surface area contributed by atoms with Gasteiger partial charge in [-0.1, -0.05) is 0 Å². The normalized spacial score (nSPS) is 10.5. The predicted octanol–water partition coefficient (Wildman–Crippen LogP) is 2.28. The van der Waals surface area contributed by atoms with Crippen LogP contribution in [0, 0.1) is 10.1 Å². The second kappa shape index (κ2) is 6.12. The number of nitrogens with zero attached hydrogens (tertiary/aromatic N) is 4. The van der Waals surface area contributed by atoms with Gasteiger partial charge in [-0.2, -0.15) is 0 Å². The molecule has 2 rings (SSSR count). The van der Waals surface area contributed by atoms with Gasteiger partial charge in [-0.3, -0.25) is 15.1 Å². The maximum Gasteiger partial charge on any atom is 0.337 e. The number of ether oxygens (including phenoxy) is 1. The van der Waals surface area contributed by atoms with E-state index in [9.17, 15) is 10.1 Å². The molecule has 8 nitrogen and oxygen atoms in total. The molecule has 21 heavy (non-hydrogen) atoms. The Labute approximate surface area is 121 Å². The third-order valence-electron chi connectivity index (χ3n) is 2.60. The molecule has 8 heteroatoms. The summed E-state index contributed by atoms with van der Waals surface area (Å²) >= 11 is 0. The lowest BCUT2D eigenvalue weighted by Crippen LogP contribution is -2.06. The lowest BCUT2D eigenvalue weighted by molar-refractivity contribution is -0.383. The van der Waals surface area contributed by atoms with Crippen LogP contribution in [0.25, 0.3) is 11.3 Å². The van der Waals surface area contributed by atoms with Gasteiger partial charge in [0.2, 0.25) is 5.82 Å². The Kier molecular flexibility index (Phi) is 4.27. The number of pyridine rings is 1. The molecule has 0 spiro atoms. The first-order valence-electron chi connectivity index (χ1n) is 6.32. The van der Waals surface area contributed by atoms with Crippen LogP contribution in [0.1, 0.15) is 13.8 Å². The molecule has 0 radical (unpaired) electrons. The van der Waals surface area contributed by atoms with E-state index in [-0.39, 0.29) is 23.3 Å². The Hall–Kier alpha value is -2.77. The summed E-state index contributed by atoms with van der Waals surface area (Å²) in [6, 6.07) is 1.67. The van der Waals surface area contributed by atoms with Crippen LogP contribution in [0.2, 0.25) is 0 Å². The molecule has 1 N–H and O–H groups in total. The molecular weight excluding hydrogens is 274 g/mol. The Morgan fingerprint density at radius 2 is 2.10 bits per heavy atom. The van der Waals surface area contributed by atoms with Gasteiger partial charge in [0.15, 0.2) is 5.69 Å². The van der Waals surface area contributed by atoms with E-state index >= 15 is 0 Å². The van der Waals surface area contributed by atoms with Crippen molar-refractivity contribution in [3.63, 3.8) is 0 Å². The Morgan fingerprint density at radius 1 is 1.33 bits per heavy atom. The fourth-order valence-corrected chi connectivity index (χ4v) is 1.83. The fraction of sp³-hybridized carbons (Fsp3) is 0.308. The van der Waals surface area contributed by atoms with E-state index in [0.29, 0.717) is 11.3 Å². The third kappa shape index (κ3) is 3.22. The molecule has 0 amide bonds. The van der Waals surface area contributed by atoms with Crippen molar-refractivity contribution in [3.05, 3.63) is 34.9 Å². The van der Waals surface area contributed by atoms with Crippen molar-refractivity contribution >= 4 is 11.5 Å². The van der Waals surface area contributed by atoms with E-state index in [4.69, 9.17) is 4.74 Å². The van der Waals surface area contributed by atoms with Crippen LogP contribution in [-0.2, 0) is 0 Å². The zero-order chi connectivity index (χ0) is 15.4. The van der Waals surface area contributed by atoms with E-state index < -0.39 is 4.92 Å². The molecular formula is C13H15N5O3. The molecule has 0 fully saturated rings. The van der Waals surface area contributed by atoms with Crippen LogP contribution in [0.3, 0.4) is 0 Å². The molecule has 2 heterocycles. The molecule has 0 aliphatic heterocycles. The monoisotopic (exact) mass is 289 g/mol. The molecule has 2 aromatic rings. The first-order chi connectivity index (χ1) is 10.0. The molecule has 2 aromatic heterocycles. The number of nitro groups is 1. The van der Waals surface area contributed by atoms with Crippen molar-refractivity contribution in [1.82, 2.24) is 15.0 Å². The zero-order valence-corrected chi connectivity index (χ0v) is 11.9. The second-order valence-corrected chi connectivity index (χ2v) is 4.50. The van der Waals surface area contributed by atoms with Gasteiger partial charge in [0, 0.05) is 18.8 Å². The van der Waals surface area contributed by atoms with Crippen LogP contribution in [0.15, 0.2) is 24.8 Å². The summed E-state index contributed by atoms with van der Waals surface area (Å²) in [4.78, 5) is 22.7. The molecule has 0 saturated heterocycles. The van der Waals surface area contributed by atoms with Crippen molar-refractivity contribution < 1.29 is 9.66 Å². The average molecular weight is 289 g/mol. The molecule has 0 aliphatic rings. The molecule has 0 atom stereocenters. The highest BCUT2D eigenvalue weighted by molar-refractivity contribution is 5.76. The topological polar surface area (TPSA) is 103 Å². The predicted molar refractivity (Wildman–Crippen MR) is 77.2 cm³/mol. The van der Waals surface area contributed by atoms with Gasteiger partial charge in [-0.15, -0.1) is 0 Å². The molecule has 0 aliphatic carbocycles. The summed E-state index contributed by atoms with van der Waals surface area (Å²) < 4.78 is 5.54. The maximum atomic E-state index is 11.3. The number of aromatic nitrogens is 3. The van der Waals surface area contributed by atoms with E-state index in [1.54, 1.807) is 19.3 Å². The molecule has 110 valence electrons. The largest absolute Gasteiger partial charge is 0.489 e. The van der Waals surface area contributed by atoms with Gasteiger partial charge in [-0.05, 0) is 19.9 Å². The highest BCUT2D eigenvalue weighted by Crippen LogP contribution is 2.33. The van der Waals surface area contributed by atoms with Crippen LogP contribution in [0.4, 0.5) is 11.5 Å². The first-order valence-corrected chi connectivity index (χ1v) is 6.32. The Morgan fingerprint density at radius 3 is 2.71 bits per heavy atom. The number of hydrogen-bond donors (Lipinski definition) is 1. The van der Waals surface area contributed by atoms with E-state index in [1.807, 2.05) is 13.8 Å². The van der Waals surface area contributed by atoms with Gasteiger partial charge in [0.1, 0.15) is 12.1 Å². The van der Waals surface area contributed by atoms with Crippen molar-refractivity contribution in [2.45, 2.75) is 20.0 Å². The quantitative estimate of drug-likeness (QED) is 0.665. The van der Waals surface area contributed by atoms with Gasteiger partial charge in [0.25, 0.3) is 0 Å². The highest BCUT2D eigenvalue weighted by Gasteiger charge is 2.23. The Bertz CT molecular complexity index is 660. The summed E-state index contributed by atoms with van der Waals surface area (Å²) in [5.41, 5.74) is 0.503. The minimum absolute atomic E-state index is 0.0182. The van der Waals surface area contributed by atoms with Gasteiger partial charge < -0.3 is 10.1 Å². The summed E-state index contributed by atoms with van der Waals surface area (Å²) in [7, 11) is 1.57. The van der Waals surface area contributed by atoms with Crippen LogP contribution in [-0.4, -0.2) is 33.0 Å². The van der Waals surface area contributed by atoms with E-state index in [0.717, 1.165) is 0 Å². The van der Waals surface area contributed by atoms with Gasteiger partial charge in [0.05, 0.1) is 17.2 Å². The summed E-state index contributed by atoms with van der Waals surface area (Å²) in [6.07, 6.45) is 4.30. The number of rotatable bonds is 5. The second-order valence-electron chi connectivity index (χ2n) is 4.50. The minimum Gasteiger partial charge on any atom is -0.489 e. The van der Waals surface area contributed by atoms with Crippen LogP contribution in [0.5, 0.6) is 5.75 Å². The first kappa shape index (κ1) is 14.6. The summed E-state index contributed by atoms with van der Waals surface area (Å²) in [5, 5.41) is 14.0. The highest BCUT2D eigenvalue weighted by atomic mass is 16.6. The van der Waals surface area contributed by atoms with Crippen LogP contribution < -0.4 is 10.1 Å². The molecule has 0 bridgehead atoms.